The van der Waals surface area contributed by atoms with Gasteiger partial charge in [0, 0.05) is 68.6 Å². The van der Waals surface area contributed by atoms with Crippen LogP contribution in [0.4, 0.5) is 11.4 Å². The topological polar surface area (TPSA) is 88.0 Å². The fourth-order valence-corrected chi connectivity index (χ4v) is 6.35. The van der Waals surface area contributed by atoms with Crippen LogP contribution in [0.3, 0.4) is 0 Å². The number of amides is 2. The van der Waals surface area contributed by atoms with E-state index in [2.05, 4.69) is 16.0 Å². The van der Waals surface area contributed by atoms with Crippen LogP contribution in [0, 0.1) is 12.3 Å². The van der Waals surface area contributed by atoms with E-state index in [1.807, 2.05) is 61.8 Å². The number of hydrogen-bond acceptors (Lipinski definition) is 7. The molecule has 0 atom stereocenters. The molecule has 0 unspecified atom stereocenters. The Balaban J connectivity index is 1.26. The highest BCUT2D eigenvalue weighted by Crippen LogP contribution is 2.40. The summed E-state index contributed by atoms with van der Waals surface area (Å²) in [6.45, 7) is 11.0. The fourth-order valence-electron chi connectivity index (χ4n) is 5.58. The zero-order chi connectivity index (χ0) is 30.7. The fraction of sp³-hybridized carbons (Fsp3) is 0.394. The van der Waals surface area contributed by atoms with Gasteiger partial charge in [-0.05, 0) is 75.4 Å². The Hall–Kier alpha value is -4.02. The van der Waals surface area contributed by atoms with Gasteiger partial charge in [0.1, 0.15) is 11.2 Å². The van der Waals surface area contributed by atoms with E-state index in [1.165, 1.54) is 0 Å². The number of hydrogen-bond donors (Lipinski definition) is 0. The molecule has 0 radical (unpaired) electrons. The van der Waals surface area contributed by atoms with Crippen molar-refractivity contribution in [3.05, 3.63) is 81.8 Å². The number of anilines is 2. The smallest absolute Gasteiger partial charge is 0.259 e. The summed E-state index contributed by atoms with van der Waals surface area (Å²) in [5, 5.41) is 2.72. The van der Waals surface area contributed by atoms with Crippen LogP contribution < -0.4 is 20.1 Å². The van der Waals surface area contributed by atoms with Gasteiger partial charge >= 0.3 is 0 Å². The molecule has 0 spiro atoms. The van der Waals surface area contributed by atoms with Crippen molar-refractivity contribution in [1.82, 2.24) is 14.5 Å². The number of rotatable bonds is 11. The van der Waals surface area contributed by atoms with Crippen molar-refractivity contribution in [3.63, 3.8) is 0 Å². The lowest BCUT2D eigenvalue weighted by Gasteiger charge is -2.27. The SMILES string of the molecule is CCN1C(=O)C(C)(C)C(=O)N(C)c2cc(OCCCN(CCn3ccc4sccc4c3=O)Cc3cccnc3C)ccc21. The second-order valence-corrected chi connectivity index (χ2v) is 12.4. The molecule has 1 aliphatic rings. The van der Waals surface area contributed by atoms with Gasteiger partial charge in [0.2, 0.25) is 11.8 Å². The Kier molecular flexibility index (Phi) is 8.98. The first-order chi connectivity index (χ1) is 20.6. The van der Waals surface area contributed by atoms with Crippen molar-refractivity contribution in [2.45, 2.75) is 47.2 Å². The number of aryl methyl sites for hydroxylation is 1. The maximum absolute atomic E-state index is 13.2. The maximum atomic E-state index is 13.2. The molecule has 4 aromatic rings. The molecule has 0 bridgehead atoms. The molecule has 43 heavy (non-hydrogen) atoms. The van der Waals surface area contributed by atoms with Crippen molar-refractivity contribution >= 4 is 44.6 Å². The molecule has 2 amide bonds. The van der Waals surface area contributed by atoms with Gasteiger partial charge in [0.25, 0.3) is 5.56 Å². The third-order valence-corrected chi connectivity index (χ3v) is 9.06. The van der Waals surface area contributed by atoms with E-state index in [0.29, 0.717) is 43.4 Å². The molecule has 5 rings (SSSR count). The number of aromatic nitrogens is 2. The normalized spacial score (nSPS) is 14.8. The molecule has 226 valence electrons. The molecule has 0 aliphatic carbocycles. The standard InChI is InChI=1S/C33H39N5O4S/c1-6-38-27-11-10-25(21-28(27)35(5)31(40)33(3,4)32(38)41)42-19-8-15-36(22-24-9-7-14-34-23(24)2)17-18-37-16-12-29-26(30(37)39)13-20-43-29/h7,9-14,16,20-21H,6,8,15,17-19,22H2,1-5H3. The van der Waals surface area contributed by atoms with Crippen molar-refractivity contribution in [2.24, 2.45) is 5.41 Å². The van der Waals surface area contributed by atoms with Crippen LogP contribution in [-0.2, 0) is 22.7 Å². The molecule has 3 aromatic heterocycles. The number of carbonyl (C=O) groups is 2. The number of carbonyl (C=O) groups excluding carboxylic acids is 2. The lowest BCUT2D eigenvalue weighted by molar-refractivity contribution is -0.137. The first-order valence-corrected chi connectivity index (χ1v) is 15.6. The zero-order valence-electron chi connectivity index (χ0n) is 25.5. The summed E-state index contributed by atoms with van der Waals surface area (Å²) in [7, 11) is 1.71. The Morgan fingerprint density at radius 2 is 1.84 bits per heavy atom. The summed E-state index contributed by atoms with van der Waals surface area (Å²) in [6, 6.07) is 13.5. The number of pyridine rings is 2. The molecular formula is C33H39N5O4S. The molecule has 4 heterocycles. The molecular weight excluding hydrogens is 562 g/mol. The van der Waals surface area contributed by atoms with Crippen LogP contribution >= 0.6 is 11.3 Å². The highest BCUT2D eigenvalue weighted by molar-refractivity contribution is 7.17. The maximum Gasteiger partial charge on any atom is 0.259 e. The van der Waals surface area contributed by atoms with Crippen molar-refractivity contribution < 1.29 is 14.3 Å². The van der Waals surface area contributed by atoms with E-state index in [9.17, 15) is 14.4 Å². The molecule has 1 aliphatic heterocycles. The summed E-state index contributed by atoms with van der Waals surface area (Å²) < 4.78 is 8.95. The van der Waals surface area contributed by atoms with Crippen LogP contribution in [-0.4, -0.2) is 59.6 Å². The van der Waals surface area contributed by atoms with E-state index in [0.717, 1.165) is 40.9 Å². The summed E-state index contributed by atoms with van der Waals surface area (Å²) in [5.41, 5.74) is 2.40. The van der Waals surface area contributed by atoms with E-state index in [4.69, 9.17) is 4.74 Å². The number of thiophene rings is 1. The minimum atomic E-state index is -1.15. The number of nitrogens with zero attached hydrogens (tertiary/aromatic N) is 5. The lowest BCUT2D eigenvalue weighted by atomic mass is 9.90. The largest absolute Gasteiger partial charge is 0.493 e. The zero-order valence-corrected chi connectivity index (χ0v) is 26.3. The van der Waals surface area contributed by atoms with Gasteiger partial charge in [0.15, 0.2) is 0 Å². The number of ether oxygens (including phenoxy) is 1. The van der Waals surface area contributed by atoms with Gasteiger partial charge in [-0.2, -0.15) is 0 Å². The van der Waals surface area contributed by atoms with Crippen LogP contribution in [0.5, 0.6) is 5.75 Å². The molecule has 10 heteroatoms. The van der Waals surface area contributed by atoms with Crippen LogP contribution in [0.1, 0.15) is 38.4 Å². The minimum Gasteiger partial charge on any atom is -0.493 e. The molecule has 0 saturated heterocycles. The van der Waals surface area contributed by atoms with E-state index >= 15 is 0 Å². The first kappa shape index (κ1) is 30.4. The van der Waals surface area contributed by atoms with Crippen molar-refractivity contribution in [1.29, 1.82) is 0 Å². The van der Waals surface area contributed by atoms with E-state index in [-0.39, 0.29) is 17.4 Å². The third-order valence-electron chi connectivity index (χ3n) is 8.18. The Bertz CT molecular complexity index is 1690. The average Bonchev–Trinajstić information content (AvgIpc) is 3.48. The van der Waals surface area contributed by atoms with Gasteiger partial charge < -0.3 is 19.1 Å². The van der Waals surface area contributed by atoms with Crippen molar-refractivity contribution in [2.75, 3.05) is 43.1 Å². The predicted molar refractivity (Wildman–Crippen MR) is 172 cm³/mol. The van der Waals surface area contributed by atoms with Gasteiger partial charge in [-0.15, -0.1) is 11.3 Å². The van der Waals surface area contributed by atoms with Crippen LogP contribution in [0.2, 0.25) is 0 Å². The lowest BCUT2D eigenvalue weighted by Crippen LogP contribution is -2.47. The Morgan fingerprint density at radius 1 is 1.02 bits per heavy atom. The highest BCUT2D eigenvalue weighted by Gasteiger charge is 2.45. The average molecular weight is 602 g/mol. The van der Waals surface area contributed by atoms with E-state index in [1.54, 1.807) is 52.8 Å². The molecule has 0 N–H and O–H groups in total. The van der Waals surface area contributed by atoms with Crippen LogP contribution in [0.25, 0.3) is 10.1 Å². The highest BCUT2D eigenvalue weighted by atomic mass is 32.1. The second-order valence-electron chi connectivity index (χ2n) is 11.4. The number of benzene rings is 1. The summed E-state index contributed by atoms with van der Waals surface area (Å²) in [5.74, 6) is 0.193. The van der Waals surface area contributed by atoms with Gasteiger partial charge in [0.05, 0.1) is 23.4 Å². The molecule has 9 nitrogen and oxygen atoms in total. The minimum absolute atomic E-state index is 0.0398. The van der Waals surface area contributed by atoms with Gasteiger partial charge in [-0.25, -0.2) is 0 Å². The Morgan fingerprint density at radius 3 is 2.60 bits per heavy atom. The second kappa shape index (κ2) is 12.7. The Labute approximate surface area is 256 Å². The monoisotopic (exact) mass is 601 g/mol. The summed E-state index contributed by atoms with van der Waals surface area (Å²) >= 11 is 1.58. The summed E-state index contributed by atoms with van der Waals surface area (Å²) in [4.78, 5) is 49.3. The number of fused-ring (bicyclic) bond motifs is 2. The third kappa shape index (κ3) is 6.21. The van der Waals surface area contributed by atoms with Crippen molar-refractivity contribution in [3.8, 4) is 5.75 Å². The van der Waals surface area contributed by atoms with Gasteiger partial charge in [-0.3, -0.25) is 24.3 Å². The molecule has 0 fully saturated rings. The predicted octanol–water partition coefficient (Wildman–Crippen LogP) is 5.09. The molecule has 0 saturated carbocycles. The summed E-state index contributed by atoms with van der Waals surface area (Å²) in [6.07, 6.45) is 4.44. The van der Waals surface area contributed by atoms with Gasteiger partial charge in [-0.1, -0.05) is 6.07 Å². The first-order valence-electron chi connectivity index (χ1n) is 14.7. The van der Waals surface area contributed by atoms with E-state index < -0.39 is 5.41 Å². The van der Waals surface area contributed by atoms with Crippen LogP contribution in [0.15, 0.2) is 65.0 Å². The molecule has 1 aromatic carbocycles. The quantitative estimate of drug-likeness (QED) is 0.176.